The summed E-state index contributed by atoms with van der Waals surface area (Å²) in [7, 11) is 0. The van der Waals surface area contributed by atoms with Crippen LogP contribution in [0.5, 0.6) is 0 Å². The fraction of sp³-hybridized carbons (Fsp3) is 1.00. The van der Waals surface area contributed by atoms with Crippen molar-refractivity contribution in [3.63, 3.8) is 0 Å². The molecule has 0 aromatic heterocycles. The Hall–Kier alpha value is -0.240. The topological polar surface area (TPSA) is 84.0 Å². The van der Waals surface area contributed by atoms with E-state index in [-0.39, 0.29) is 13.2 Å². The average Bonchev–Trinajstić information content (AvgIpc) is 3.26. The molecule has 2 fully saturated rings. The van der Waals surface area contributed by atoms with Crippen LogP contribution in [0.2, 0.25) is 0 Å². The Labute approximate surface area is 108 Å². The number of epoxide rings is 2. The van der Waals surface area contributed by atoms with Crippen molar-refractivity contribution in [2.24, 2.45) is 0 Å². The second-order valence-corrected chi connectivity index (χ2v) is 4.21. The highest BCUT2D eigenvalue weighted by atomic mass is 16.6. The Morgan fingerprint density at radius 1 is 0.833 bits per heavy atom. The minimum absolute atomic E-state index is 0.195. The molecule has 0 saturated carbocycles. The van der Waals surface area contributed by atoms with Gasteiger partial charge in [0.15, 0.2) is 0 Å². The van der Waals surface area contributed by atoms with E-state index in [1.807, 2.05) is 0 Å². The van der Waals surface area contributed by atoms with E-state index >= 15 is 0 Å². The van der Waals surface area contributed by atoms with Crippen molar-refractivity contribution in [3.8, 4) is 0 Å². The predicted molar refractivity (Wildman–Crippen MR) is 64.5 cm³/mol. The molecule has 0 bridgehead atoms. The fourth-order valence-electron chi connectivity index (χ4n) is 1.10. The third-order valence-electron chi connectivity index (χ3n) is 2.35. The van der Waals surface area contributed by atoms with Crippen LogP contribution in [0.4, 0.5) is 0 Å². The van der Waals surface area contributed by atoms with Crippen LogP contribution in [0.15, 0.2) is 0 Å². The molecule has 6 heteroatoms. The van der Waals surface area contributed by atoms with E-state index in [0.29, 0.717) is 38.6 Å². The number of ether oxygens (including phenoxy) is 4. The van der Waals surface area contributed by atoms with Crippen LogP contribution in [-0.4, -0.2) is 75.3 Å². The lowest BCUT2D eigenvalue weighted by Crippen LogP contribution is -2.10. The normalized spacial score (nSPS) is 24.3. The minimum Gasteiger partial charge on any atom is -0.396 e. The highest BCUT2D eigenvalue weighted by molar-refractivity contribution is 4.68. The van der Waals surface area contributed by atoms with Crippen molar-refractivity contribution in [3.05, 3.63) is 0 Å². The second-order valence-electron chi connectivity index (χ2n) is 4.21. The number of aliphatic hydroxyl groups excluding tert-OH is 2. The summed E-state index contributed by atoms with van der Waals surface area (Å²) in [4.78, 5) is 0. The third kappa shape index (κ3) is 10.9. The summed E-state index contributed by atoms with van der Waals surface area (Å²) in [5.41, 5.74) is 0. The first kappa shape index (κ1) is 15.8. The molecular weight excluding hydrogens is 240 g/mol. The monoisotopic (exact) mass is 264 g/mol. The largest absolute Gasteiger partial charge is 0.396 e. The molecule has 18 heavy (non-hydrogen) atoms. The number of rotatable bonds is 10. The average molecular weight is 264 g/mol. The van der Waals surface area contributed by atoms with Crippen molar-refractivity contribution in [2.45, 2.75) is 25.0 Å². The van der Waals surface area contributed by atoms with Gasteiger partial charge in [0.1, 0.15) is 12.2 Å². The van der Waals surface area contributed by atoms with Crippen molar-refractivity contribution in [1.82, 2.24) is 0 Å². The molecule has 2 saturated heterocycles. The van der Waals surface area contributed by atoms with E-state index in [2.05, 4.69) is 0 Å². The van der Waals surface area contributed by atoms with Gasteiger partial charge in [-0.05, 0) is 12.8 Å². The molecule has 0 spiro atoms. The molecule has 0 amide bonds. The SMILES string of the molecule is C(COCC1CO1)OCC1CO1.OCCCCO. The Bertz CT molecular complexity index is 161. The van der Waals surface area contributed by atoms with Crippen molar-refractivity contribution < 1.29 is 29.2 Å². The van der Waals surface area contributed by atoms with Gasteiger partial charge in [0.05, 0.1) is 39.6 Å². The molecule has 2 rings (SSSR count). The fourth-order valence-corrected chi connectivity index (χ4v) is 1.10. The molecule has 2 aliphatic heterocycles. The molecule has 108 valence electrons. The zero-order valence-corrected chi connectivity index (χ0v) is 10.8. The van der Waals surface area contributed by atoms with Crippen LogP contribution in [0.1, 0.15) is 12.8 Å². The minimum atomic E-state index is 0.195. The van der Waals surface area contributed by atoms with Crippen molar-refractivity contribution in [1.29, 1.82) is 0 Å². The predicted octanol–water partition coefficient (Wildman–Crippen LogP) is -0.432. The zero-order chi connectivity index (χ0) is 13.1. The molecule has 0 radical (unpaired) electrons. The summed E-state index contributed by atoms with van der Waals surface area (Å²) in [5.74, 6) is 0. The van der Waals surface area contributed by atoms with Crippen LogP contribution >= 0.6 is 0 Å². The number of unbranched alkanes of at least 4 members (excludes halogenated alkanes) is 1. The summed E-state index contributed by atoms with van der Waals surface area (Å²) in [6.45, 7) is 4.85. The lowest BCUT2D eigenvalue weighted by atomic mass is 10.3. The lowest BCUT2D eigenvalue weighted by Gasteiger charge is -2.02. The standard InChI is InChI=1S/C8H14O4.C4H10O2/c1(9-3-7-5-11-7)2-10-4-8-6-12-8;5-3-1-2-4-6/h7-8H,1-6H2;5-6H,1-4H2. The highest BCUT2D eigenvalue weighted by Crippen LogP contribution is 2.09. The molecule has 2 aliphatic rings. The first-order chi connectivity index (χ1) is 8.86. The molecule has 6 nitrogen and oxygen atoms in total. The molecular formula is C12H24O6. The Kier molecular flexibility index (Phi) is 9.37. The first-order valence-electron chi connectivity index (χ1n) is 6.47. The maximum atomic E-state index is 8.09. The Morgan fingerprint density at radius 2 is 1.22 bits per heavy atom. The van der Waals surface area contributed by atoms with Gasteiger partial charge in [0.25, 0.3) is 0 Å². The van der Waals surface area contributed by atoms with E-state index in [4.69, 9.17) is 29.2 Å². The molecule has 0 aromatic carbocycles. The summed E-state index contributed by atoms with van der Waals surface area (Å²) in [6.07, 6.45) is 2.15. The van der Waals surface area contributed by atoms with Gasteiger partial charge in [0, 0.05) is 13.2 Å². The molecule has 0 aromatic rings. The molecule has 0 aliphatic carbocycles. The van der Waals surface area contributed by atoms with Crippen LogP contribution < -0.4 is 0 Å². The molecule has 2 unspecified atom stereocenters. The van der Waals surface area contributed by atoms with Gasteiger partial charge < -0.3 is 29.2 Å². The summed E-state index contributed by atoms with van der Waals surface area (Å²) >= 11 is 0. The second kappa shape index (κ2) is 10.7. The van der Waals surface area contributed by atoms with Crippen LogP contribution in [0, 0.1) is 0 Å². The van der Waals surface area contributed by atoms with E-state index in [0.717, 1.165) is 26.1 Å². The Balaban J connectivity index is 0.000000232. The molecule has 2 heterocycles. The van der Waals surface area contributed by atoms with Gasteiger partial charge in [-0.25, -0.2) is 0 Å². The Morgan fingerprint density at radius 3 is 1.50 bits per heavy atom. The number of hydrogen-bond donors (Lipinski definition) is 2. The quantitative estimate of drug-likeness (QED) is 0.411. The lowest BCUT2D eigenvalue weighted by molar-refractivity contribution is 0.0366. The van der Waals surface area contributed by atoms with Crippen molar-refractivity contribution in [2.75, 3.05) is 52.9 Å². The van der Waals surface area contributed by atoms with Gasteiger partial charge in [-0.2, -0.15) is 0 Å². The van der Waals surface area contributed by atoms with Gasteiger partial charge in [-0.15, -0.1) is 0 Å². The van der Waals surface area contributed by atoms with Crippen LogP contribution in [0.3, 0.4) is 0 Å². The molecule has 2 N–H and O–H groups in total. The summed E-state index contributed by atoms with van der Waals surface area (Å²) < 4.78 is 20.5. The zero-order valence-electron chi connectivity index (χ0n) is 10.8. The van der Waals surface area contributed by atoms with E-state index in [1.165, 1.54) is 0 Å². The first-order valence-corrected chi connectivity index (χ1v) is 6.47. The number of aliphatic hydroxyl groups is 2. The molecule has 2 atom stereocenters. The van der Waals surface area contributed by atoms with E-state index < -0.39 is 0 Å². The van der Waals surface area contributed by atoms with E-state index in [9.17, 15) is 0 Å². The van der Waals surface area contributed by atoms with Crippen molar-refractivity contribution >= 4 is 0 Å². The van der Waals surface area contributed by atoms with Crippen LogP contribution in [0.25, 0.3) is 0 Å². The van der Waals surface area contributed by atoms with Gasteiger partial charge in [-0.3, -0.25) is 0 Å². The highest BCUT2D eigenvalue weighted by Gasteiger charge is 2.23. The summed E-state index contributed by atoms with van der Waals surface area (Å²) in [6, 6.07) is 0. The maximum Gasteiger partial charge on any atom is 0.104 e. The number of hydrogen-bond acceptors (Lipinski definition) is 6. The summed E-state index contributed by atoms with van der Waals surface area (Å²) in [5, 5.41) is 16.2. The van der Waals surface area contributed by atoms with Crippen LogP contribution in [-0.2, 0) is 18.9 Å². The van der Waals surface area contributed by atoms with E-state index in [1.54, 1.807) is 0 Å². The van der Waals surface area contributed by atoms with Gasteiger partial charge in [0.2, 0.25) is 0 Å². The van der Waals surface area contributed by atoms with Gasteiger partial charge in [-0.1, -0.05) is 0 Å². The third-order valence-corrected chi connectivity index (χ3v) is 2.35. The maximum absolute atomic E-state index is 8.09. The smallest absolute Gasteiger partial charge is 0.104 e. The van der Waals surface area contributed by atoms with Gasteiger partial charge >= 0.3 is 0 Å².